The van der Waals surface area contributed by atoms with Crippen LogP contribution in [-0.2, 0) is 4.74 Å². The number of hydrogen-bond acceptors (Lipinski definition) is 3. The van der Waals surface area contributed by atoms with E-state index < -0.39 is 0 Å². The number of hydrogen-bond donors (Lipinski definition) is 1. The lowest BCUT2D eigenvalue weighted by Gasteiger charge is -2.33. The topological polar surface area (TPSA) is 21.3 Å². The quantitative estimate of drug-likeness (QED) is 0.882. The molecule has 1 aliphatic rings. The second kappa shape index (κ2) is 5.83. The molecule has 0 amide bonds. The molecule has 4 heteroatoms. The summed E-state index contributed by atoms with van der Waals surface area (Å²) in [6.45, 7) is 6.37. The van der Waals surface area contributed by atoms with Crippen LogP contribution < -0.4 is 5.32 Å². The predicted octanol–water partition coefficient (Wildman–Crippen LogP) is 4.12. The van der Waals surface area contributed by atoms with Crippen LogP contribution in [0.4, 0.5) is 0 Å². The van der Waals surface area contributed by atoms with E-state index in [2.05, 4.69) is 47.2 Å². The molecule has 17 heavy (non-hydrogen) atoms. The third-order valence-electron chi connectivity index (χ3n) is 3.34. The lowest BCUT2D eigenvalue weighted by Crippen LogP contribution is -2.41. The minimum Gasteiger partial charge on any atom is -0.373 e. The fraction of sp³-hybridized carbons (Fsp3) is 0.692. The van der Waals surface area contributed by atoms with Gasteiger partial charge >= 0.3 is 0 Å². The zero-order valence-electron chi connectivity index (χ0n) is 10.5. The average molecular weight is 318 g/mol. The van der Waals surface area contributed by atoms with Crippen molar-refractivity contribution in [3.8, 4) is 0 Å². The van der Waals surface area contributed by atoms with E-state index in [1.54, 1.807) is 11.3 Å². The van der Waals surface area contributed by atoms with Crippen LogP contribution in [0.5, 0.6) is 0 Å². The standard InChI is InChI=1S/C13H20BrNOS/c1-3-8-15-12(10-5-6-11(14)17-10)13(2)7-4-9-16-13/h5-6,12,15H,3-4,7-9H2,1-2H3. The highest BCUT2D eigenvalue weighted by Crippen LogP contribution is 2.40. The van der Waals surface area contributed by atoms with Crippen molar-refractivity contribution in [2.45, 2.75) is 44.8 Å². The average Bonchev–Trinajstić information content (AvgIpc) is 2.89. The normalized spacial score (nSPS) is 26.3. The van der Waals surface area contributed by atoms with Gasteiger partial charge in [-0.25, -0.2) is 0 Å². The van der Waals surface area contributed by atoms with E-state index in [9.17, 15) is 0 Å². The highest BCUT2D eigenvalue weighted by Gasteiger charge is 2.39. The molecule has 0 bridgehead atoms. The van der Waals surface area contributed by atoms with Crippen molar-refractivity contribution in [3.63, 3.8) is 0 Å². The Hall–Kier alpha value is 0.1000. The molecule has 1 fully saturated rings. The molecule has 0 aromatic carbocycles. The van der Waals surface area contributed by atoms with Gasteiger partial charge in [-0.15, -0.1) is 11.3 Å². The van der Waals surface area contributed by atoms with Crippen LogP contribution in [-0.4, -0.2) is 18.8 Å². The van der Waals surface area contributed by atoms with Crippen molar-refractivity contribution in [1.82, 2.24) is 5.32 Å². The van der Waals surface area contributed by atoms with Gasteiger partial charge in [0.15, 0.2) is 0 Å². The summed E-state index contributed by atoms with van der Waals surface area (Å²) >= 11 is 5.35. The van der Waals surface area contributed by atoms with E-state index in [0.717, 1.165) is 26.0 Å². The van der Waals surface area contributed by atoms with Gasteiger partial charge in [0.25, 0.3) is 0 Å². The van der Waals surface area contributed by atoms with Gasteiger partial charge in [-0.05, 0) is 60.8 Å². The summed E-state index contributed by atoms with van der Waals surface area (Å²) < 4.78 is 7.18. The molecule has 2 nitrogen and oxygen atoms in total. The van der Waals surface area contributed by atoms with Crippen LogP contribution in [0.15, 0.2) is 15.9 Å². The molecule has 0 spiro atoms. The largest absolute Gasteiger partial charge is 0.373 e. The molecule has 0 aliphatic carbocycles. The lowest BCUT2D eigenvalue weighted by atomic mass is 9.92. The number of rotatable bonds is 5. The summed E-state index contributed by atoms with van der Waals surface area (Å²) in [5.41, 5.74) is -0.0422. The van der Waals surface area contributed by atoms with E-state index >= 15 is 0 Å². The molecule has 2 unspecified atom stereocenters. The van der Waals surface area contributed by atoms with Gasteiger partial charge in [-0.3, -0.25) is 0 Å². The first kappa shape index (κ1) is 13.5. The maximum absolute atomic E-state index is 5.99. The van der Waals surface area contributed by atoms with Crippen LogP contribution >= 0.6 is 27.3 Å². The summed E-state index contributed by atoms with van der Waals surface area (Å²) in [6, 6.07) is 4.65. The summed E-state index contributed by atoms with van der Waals surface area (Å²) in [4.78, 5) is 1.37. The van der Waals surface area contributed by atoms with Gasteiger partial charge in [-0.1, -0.05) is 6.92 Å². The van der Waals surface area contributed by atoms with Crippen LogP contribution in [0.25, 0.3) is 0 Å². The molecule has 2 rings (SSSR count). The summed E-state index contributed by atoms with van der Waals surface area (Å²) in [5, 5.41) is 3.65. The van der Waals surface area contributed by atoms with E-state index in [0.29, 0.717) is 6.04 Å². The van der Waals surface area contributed by atoms with E-state index in [1.165, 1.54) is 15.1 Å². The summed E-state index contributed by atoms with van der Waals surface area (Å²) in [7, 11) is 0. The molecule has 1 N–H and O–H groups in total. The van der Waals surface area contributed by atoms with Crippen molar-refractivity contribution in [3.05, 3.63) is 20.8 Å². The SMILES string of the molecule is CCCNC(c1ccc(Br)s1)C1(C)CCCO1. The molecule has 96 valence electrons. The molecule has 2 atom stereocenters. The van der Waals surface area contributed by atoms with E-state index in [1.807, 2.05) is 0 Å². The van der Waals surface area contributed by atoms with Crippen molar-refractivity contribution < 1.29 is 4.74 Å². The minimum atomic E-state index is -0.0422. The third kappa shape index (κ3) is 3.11. The molecule has 0 saturated carbocycles. The molecular weight excluding hydrogens is 298 g/mol. The Morgan fingerprint density at radius 3 is 2.94 bits per heavy atom. The first-order valence-electron chi connectivity index (χ1n) is 6.28. The van der Waals surface area contributed by atoms with Crippen LogP contribution in [0, 0.1) is 0 Å². The fourth-order valence-corrected chi connectivity index (χ4v) is 4.06. The highest BCUT2D eigenvalue weighted by molar-refractivity contribution is 9.11. The van der Waals surface area contributed by atoms with Crippen LogP contribution in [0.2, 0.25) is 0 Å². The Bertz CT molecular complexity index is 360. The summed E-state index contributed by atoms with van der Waals surface area (Å²) in [5.74, 6) is 0. The fourth-order valence-electron chi connectivity index (χ4n) is 2.42. The Kier molecular flexibility index (Phi) is 4.64. The van der Waals surface area contributed by atoms with Gasteiger partial charge in [-0.2, -0.15) is 0 Å². The highest BCUT2D eigenvalue weighted by atomic mass is 79.9. The zero-order chi connectivity index (χ0) is 12.3. The van der Waals surface area contributed by atoms with E-state index in [4.69, 9.17) is 4.74 Å². The van der Waals surface area contributed by atoms with Gasteiger partial charge in [0.2, 0.25) is 0 Å². The zero-order valence-corrected chi connectivity index (χ0v) is 12.9. The number of thiophene rings is 1. The lowest BCUT2D eigenvalue weighted by molar-refractivity contribution is -0.0115. The minimum absolute atomic E-state index is 0.0422. The van der Waals surface area contributed by atoms with Gasteiger partial charge < -0.3 is 10.1 Å². The van der Waals surface area contributed by atoms with Crippen LogP contribution in [0.1, 0.15) is 44.0 Å². The van der Waals surface area contributed by atoms with Crippen molar-refractivity contribution in [2.75, 3.05) is 13.2 Å². The van der Waals surface area contributed by atoms with Gasteiger partial charge in [0, 0.05) is 11.5 Å². The first-order chi connectivity index (χ1) is 8.15. The molecule has 1 aliphatic heterocycles. The monoisotopic (exact) mass is 317 g/mol. The molecule has 1 aromatic heterocycles. The van der Waals surface area contributed by atoms with Crippen molar-refractivity contribution in [1.29, 1.82) is 0 Å². The second-order valence-corrected chi connectivity index (χ2v) is 7.29. The van der Waals surface area contributed by atoms with Gasteiger partial charge in [0.1, 0.15) is 0 Å². The molecule has 0 radical (unpaired) electrons. The Labute approximate surface area is 116 Å². The third-order valence-corrected chi connectivity index (χ3v) is 5.03. The van der Waals surface area contributed by atoms with Gasteiger partial charge in [0.05, 0.1) is 15.4 Å². The number of nitrogens with one attached hydrogen (secondary N) is 1. The van der Waals surface area contributed by atoms with Crippen LogP contribution in [0.3, 0.4) is 0 Å². The summed E-state index contributed by atoms with van der Waals surface area (Å²) in [6.07, 6.45) is 3.47. The first-order valence-corrected chi connectivity index (χ1v) is 7.89. The number of ether oxygens (including phenoxy) is 1. The second-order valence-electron chi connectivity index (χ2n) is 4.79. The Morgan fingerprint density at radius 1 is 1.59 bits per heavy atom. The molecule has 1 saturated heterocycles. The Morgan fingerprint density at radius 2 is 2.41 bits per heavy atom. The predicted molar refractivity (Wildman–Crippen MR) is 76.6 cm³/mol. The van der Waals surface area contributed by atoms with Crippen molar-refractivity contribution >= 4 is 27.3 Å². The van der Waals surface area contributed by atoms with E-state index in [-0.39, 0.29) is 5.60 Å². The molecular formula is C13H20BrNOS. The number of halogens is 1. The maximum Gasteiger partial charge on any atom is 0.0857 e. The maximum atomic E-state index is 5.99. The smallest absolute Gasteiger partial charge is 0.0857 e. The van der Waals surface area contributed by atoms with Crippen molar-refractivity contribution in [2.24, 2.45) is 0 Å². The molecule has 2 heterocycles. The Balaban J connectivity index is 2.18. The molecule has 1 aromatic rings.